The third-order valence-corrected chi connectivity index (χ3v) is 0.938. The summed E-state index contributed by atoms with van der Waals surface area (Å²) in [6.45, 7) is 3.01. The molecule has 0 unspecified atom stereocenters. The summed E-state index contributed by atoms with van der Waals surface area (Å²) in [6, 6.07) is 0. The van der Waals surface area contributed by atoms with Crippen LogP contribution in [-0.2, 0) is 4.79 Å². The maximum atomic E-state index is 10.5. The molecule has 0 N–H and O–H groups in total. The molecule has 6 heteroatoms. The molecule has 6 nitrogen and oxygen atoms in total. The Labute approximate surface area is 63.2 Å². The number of hydrogen-bond donors (Lipinski definition) is 0. The first-order chi connectivity index (χ1) is 5.18. The van der Waals surface area contributed by atoms with Crippen molar-refractivity contribution in [2.24, 2.45) is 15.6 Å². The Bertz CT molecular complexity index is 248. The lowest BCUT2D eigenvalue weighted by atomic mass is 10.2. The van der Waals surface area contributed by atoms with Gasteiger partial charge in [-0.05, 0) is 19.0 Å². The first-order valence-electron chi connectivity index (χ1n) is 2.80. The van der Waals surface area contributed by atoms with E-state index < -0.39 is 0 Å². The fourth-order valence-corrected chi connectivity index (χ4v) is 0.244. The van der Waals surface area contributed by atoms with Gasteiger partial charge in [0, 0.05) is 5.57 Å². The minimum absolute atomic E-state index is 0.0927. The lowest BCUT2D eigenvalue weighted by Crippen LogP contribution is -1.89. The maximum absolute atomic E-state index is 10.5. The van der Waals surface area contributed by atoms with E-state index in [0.717, 1.165) is 0 Å². The molecule has 0 saturated heterocycles. The summed E-state index contributed by atoms with van der Waals surface area (Å²) in [4.78, 5) is 12.9. The summed E-state index contributed by atoms with van der Waals surface area (Å²) in [7, 11) is 0. The van der Waals surface area contributed by atoms with Crippen molar-refractivity contribution in [3.05, 3.63) is 22.2 Å². The van der Waals surface area contributed by atoms with Crippen LogP contribution in [0, 0.1) is 0 Å². The van der Waals surface area contributed by atoms with E-state index in [1.54, 1.807) is 6.92 Å². The van der Waals surface area contributed by atoms with Gasteiger partial charge in [0.25, 0.3) is 0 Å². The van der Waals surface area contributed by atoms with Crippen molar-refractivity contribution in [3.8, 4) is 0 Å². The zero-order valence-electron chi connectivity index (χ0n) is 6.22. The summed E-state index contributed by atoms with van der Waals surface area (Å²) >= 11 is 0. The number of nitrogens with zero attached hydrogens (tertiary/aromatic N) is 5. The summed E-state index contributed by atoms with van der Waals surface area (Å²) in [5.41, 5.74) is 8.22. The van der Waals surface area contributed by atoms with Gasteiger partial charge < -0.3 is 0 Å². The van der Waals surface area contributed by atoms with Crippen molar-refractivity contribution >= 4 is 5.78 Å². The molecule has 0 amide bonds. The third-order valence-electron chi connectivity index (χ3n) is 0.938. The highest BCUT2D eigenvalue weighted by Gasteiger charge is 1.93. The number of carbonyl (C=O) groups is 1. The number of hydrogen-bond acceptors (Lipinski definition) is 2. The summed E-state index contributed by atoms with van der Waals surface area (Å²) < 4.78 is 0. The third kappa shape index (κ3) is 4.80. The molecule has 0 heterocycles. The highest BCUT2D eigenvalue weighted by molar-refractivity contribution is 5.92. The monoisotopic (exact) mass is 153 g/mol. The molecular weight excluding hydrogens is 146 g/mol. The normalized spacial score (nSPS) is 11.3. The predicted octanol–water partition coefficient (Wildman–Crippen LogP) is 2.16. The molecule has 0 bridgehead atoms. The first-order valence-corrected chi connectivity index (χ1v) is 2.80. The minimum Gasteiger partial charge on any atom is -0.295 e. The van der Waals surface area contributed by atoms with E-state index in [1.807, 2.05) is 0 Å². The second kappa shape index (κ2) is 5.13. The van der Waals surface area contributed by atoms with Gasteiger partial charge >= 0.3 is 0 Å². The van der Waals surface area contributed by atoms with Gasteiger partial charge in [0.05, 0.1) is 11.4 Å². The van der Waals surface area contributed by atoms with Crippen LogP contribution in [0.2, 0.25) is 0 Å². The molecule has 0 aromatic rings. The topological polar surface area (TPSA) is 90.5 Å². The van der Waals surface area contributed by atoms with Crippen molar-refractivity contribution < 1.29 is 4.79 Å². The van der Waals surface area contributed by atoms with Crippen LogP contribution in [0.1, 0.15) is 13.8 Å². The van der Waals surface area contributed by atoms with Crippen molar-refractivity contribution in [3.63, 3.8) is 0 Å². The molecule has 11 heavy (non-hydrogen) atoms. The van der Waals surface area contributed by atoms with Crippen molar-refractivity contribution in [2.45, 2.75) is 13.8 Å². The lowest BCUT2D eigenvalue weighted by Gasteiger charge is -1.84. The lowest BCUT2D eigenvalue weighted by molar-refractivity contribution is -0.113. The zero-order valence-corrected chi connectivity index (χ0v) is 6.22. The molecular formula is C5H7N5O. The maximum Gasteiger partial charge on any atom is 0.157 e. The average molecular weight is 153 g/mol. The van der Waals surface area contributed by atoms with Gasteiger partial charge in [0.1, 0.15) is 5.22 Å². The second-order valence-corrected chi connectivity index (χ2v) is 1.75. The molecule has 0 spiro atoms. The smallest absolute Gasteiger partial charge is 0.157 e. The van der Waals surface area contributed by atoms with Crippen LogP contribution in [0.15, 0.2) is 27.3 Å². The standard InChI is InChI=1S/C5H7N5O/c1-4(5(2)11)3-7-9-10-8-6/h3H,1-2H3/b4-3+,9-7?. The van der Waals surface area contributed by atoms with Crippen LogP contribution in [0.5, 0.6) is 0 Å². The largest absolute Gasteiger partial charge is 0.295 e. The van der Waals surface area contributed by atoms with Crippen molar-refractivity contribution in [2.75, 3.05) is 0 Å². The van der Waals surface area contributed by atoms with Gasteiger partial charge in [0.15, 0.2) is 5.78 Å². The van der Waals surface area contributed by atoms with Crippen molar-refractivity contribution in [1.29, 1.82) is 0 Å². The molecule has 58 valence electrons. The van der Waals surface area contributed by atoms with Gasteiger partial charge in [-0.3, -0.25) is 4.79 Å². The predicted molar refractivity (Wildman–Crippen MR) is 38.4 cm³/mol. The molecule has 0 aliphatic rings. The molecule has 0 aromatic carbocycles. The number of Topliss-reactive ketones (excluding diaryl/α,β-unsaturated/α-hetero) is 1. The number of rotatable bonds is 3. The Morgan fingerprint density at radius 2 is 2.18 bits per heavy atom. The van der Waals surface area contributed by atoms with E-state index in [1.165, 1.54) is 13.1 Å². The SMILES string of the molecule is CC(=O)/C(C)=C/N=NN=[N+]=[N-]. The Hall–Kier alpha value is -1.68. The minimum atomic E-state index is -0.0927. The summed E-state index contributed by atoms with van der Waals surface area (Å²) in [6.07, 6.45) is 1.23. The molecule has 0 aliphatic heterocycles. The fourth-order valence-electron chi connectivity index (χ4n) is 0.244. The van der Waals surface area contributed by atoms with E-state index in [9.17, 15) is 4.79 Å². The molecule has 0 fully saturated rings. The molecule has 0 rings (SSSR count). The van der Waals surface area contributed by atoms with E-state index >= 15 is 0 Å². The van der Waals surface area contributed by atoms with E-state index in [-0.39, 0.29) is 5.78 Å². The highest BCUT2D eigenvalue weighted by Crippen LogP contribution is 1.94. The van der Waals surface area contributed by atoms with Gasteiger partial charge in [-0.2, -0.15) is 4.91 Å². The molecule has 0 radical (unpaired) electrons. The number of carbonyl (C=O) groups excluding carboxylic acids is 1. The number of azide groups is 1. The van der Waals surface area contributed by atoms with Crippen LogP contribution in [-0.4, -0.2) is 5.78 Å². The first kappa shape index (κ1) is 9.32. The second-order valence-electron chi connectivity index (χ2n) is 1.75. The molecule has 0 aliphatic carbocycles. The van der Waals surface area contributed by atoms with Crippen LogP contribution < -0.4 is 0 Å². The van der Waals surface area contributed by atoms with Crippen LogP contribution >= 0.6 is 0 Å². The molecule has 0 atom stereocenters. The Kier molecular flexibility index (Phi) is 4.35. The Morgan fingerprint density at radius 1 is 1.55 bits per heavy atom. The quantitative estimate of drug-likeness (QED) is 0.201. The van der Waals surface area contributed by atoms with Crippen LogP contribution in [0.4, 0.5) is 0 Å². The summed E-state index contributed by atoms with van der Waals surface area (Å²) in [5.74, 6) is -0.0927. The van der Waals surface area contributed by atoms with E-state index in [2.05, 4.69) is 20.5 Å². The van der Waals surface area contributed by atoms with E-state index in [0.29, 0.717) is 5.57 Å². The molecule has 0 saturated carbocycles. The van der Waals surface area contributed by atoms with E-state index in [4.69, 9.17) is 5.53 Å². The van der Waals surface area contributed by atoms with Gasteiger partial charge in [0.2, 0.25) is 0 Å². The van der Waals surface area contributed by atoms with Gasteiger partial charge in [-0.1, -0.05) is 0 Å². The van der Waals surface area contributed by atoms with Crippen LogP contribution in [0.25, 0.3) is 10.4 Å². The Morgan fingerprint density at radius 3 is 2.64 bits per heavy atom. The summed E-state index contributed by atoms with van der Waals surface area (Å²) in [5, 5.41) is 9.11. The molecule has 0 aromatic heterocycles. The van der Waals surface area contributed by atoms with Crippen molar-refractivity contribution in [1.82, 2.24) is 0 Å². The van der Waals surface area contributed by atoms with Gasteiger partial charge in [-0.25, -0.2) is 0 Å². The fraction of sp³-hybridized carbons (Fsp3) is 0.400. The average Bonchev–Trinajstić information content (AvgIpc) is 1.97. The van der Waals surface area contributed by atoms with Crippen LogP contribution in [0.3, 0.4) is 0 Å². The number of allylic oxidation sites excluding steroid dienone is 1. The highest BCUT2D eigenvalue weighted by atomic mass is 16.1. The van der Waals surface area contributed by atoms with Gasteiger partial charge in [-0.15, -0.1) is 5.53 Å². The Balaban J connectivity index is 4.12. The zero-order chi connectivity index (χ0) is 8.69. The number of ketones is 1.